The molecule has 1 aromatic heterocycles. The number of hydrogen-bond donors (Lipinski definition) is 6. The number of anilines is 1. The first kappa shape index (κ1) is 26.8. The molecule has 2 heterocycles. The fourth-order valence-electron chi connectivity index (χ4n) is 3.98. The van der Waals surface area contributed by atoms with Gasteiger partial charge in [-0.3, -0.25) is 9.13 Å². The third-order valence-electron chi connectivity index (χ3n) is 5.63. The minimum Gasteiger partial charge on any atom is -0.387 e. The Morgan fingerprint density at radius 1 is 1.03 bits per heavy atom. The Balaban J connectivity index is 1.50. The van der Waals surface area contributed by atoms with Crippen molar-refractivity contribution in [3.63, 3.8) is 0 Å². The lowest BCUT2D eigenvalue weighted by atomic mass is 10.0. The molecule has 0 saturated carbocycles. The highest BCUT2D eigenvalue weighted by Gasteiger charge is 2.44. The van der Waals surface area contributed by atoms with Gasteiger partial charge in [0.15, 0.2) is 5.90 Å². The average Bonchev–Trinajstić information content (AvgIpc) is 3.08. The van der Waals surface area contributed by atoms with Crippen LogP contribution >= 0.6 is 15.2 Å². The summed E-state index contributed by atoms with van der Waals surface area (Å²) >= 11 is 0. The van der Waals surface area contributed by atoms with Crippen molar-refractivity contribution in [3.05, 3.63) is 65.5 Å². The van der Waals surface area contributed by atoms with Gasteiger partial charge in [-0.15, -0.1) is 0 Å². The molecule has 2 aromatic carbocycles. The predicted molar refractivity (Wildman–Crippen MR) is 130 cm³/mol. The fraction of sp³-hybridized carbons (Fsp3) is 0.364. The summed E-state index contributed by atoms with van der Waals surface area (Å²) in [4.78, 5) is 36.4. The second-order valence-corrected chi connectivity index (χ2v) is 12.5. The second-order valence-electron chi connectivity index (χ2n) is 8.55. The van der Waals surface area contributed by atoms with Gasteiger partial charge >= 0.3 is 15.2 Å². The maximum atomic E-state index is 11.9. The molecule has 5 atom stereocenters. The van der Waals surface area contributed by atoms with Gasteiger partial charge in [0.25, 0.3) is 0 Å². The molecule has 3 aromatic rings. The zero-order valence-corrected chi connectivity index (χ0v) is 21.0. The maximum Gasteiger partial charge on any atom is 0.340 e. The molecule has 1 aliphatic heterocycles. The molecule has 1 saturated heterocycles. The number of benzene rings is 2. The van der Waals surface area contributed by atoms with Crippen molar-refractivity contribution in [1.82, 2.24) is 9.97 Å². The quantitative estimate of drug-likeness (QED) is 0.217. The van der Waals surface area contributed by atoms with Crippen molar-refractivity contribution in [2.45, 2.75) is 37.9 Å². The largest absolute Gasteiger partial charge is 0.387 e. The van der Waals surface area contributed by atoms with E-state index in [2.05, 4.69) is 15.3 Å². The van der Waals surface area contributed by atoms with Gasteiger partial charge in [0.1, 0.15) is 36.1 Å². The average molecular weight is 539 g/mol. The Kier molecular flexibility index (Phi) is 7.92. The molecule has 6 N–H and O–H groups in total. The molecule has 4 rings (SSSR count). The van der Waals surface area contributed by atoms with Crippen LogP contribution in [-0.4, -0.2) is 65.7 Å². The van der Waals surface area contributed by atoms with E-state index >= 15 is 0 Å². The van der Waals surface area contributed by atoms with Gasteiger partial charge in [0.05, 0.1) is 12.1 Å². The van der Waals surface area contributed by atoms with E-state index in [9.17, 15) is 24.2 Å². The molecule has 194 valence electrons. The van der Waals surface area contributed by atoms with E-state index in [1.807, 2.05) is 30.3 Å². The van der Waals surface area contributed by atoms with Gasteiger partial charge in [0, 0.05) is 11.9 Å². The number of ether oxygens (including phenoxy) is 1. The summed E-state index contributed by atoms with van der Waals surface area (Å²) in [5, 5.41) is 25.0. The minimum atomic E-state index is -4.80. The Labute approximate surface area is 206 Å². The summed E-state index contributed by atoms with van der Waals surface area (Å²) < 4.78 is 33.4. The van der Waals surface area contributed by atoms with E-state index in [4.69, 9.17) is 19.0 Å². The molecule has 0 amide bonds. The van der Waals surface area contributed by atoms with Gasteiger partial charge in [0.2, 0.25) is 0 Å². The molecule has 0 radical (unpaired) electrons. The molecule has 1 fully saturated rings. The number of nitrogens with one attached hydrogen (secondary N) is 1. The number of aryl methyl sites for hydroxylation is 1. The summed E-state index contributed by atoms with van der Waals surface area (Å²) in [5.74, 6) is -0.201. The molecule has 36 heavy (non-hydrogen) atoms. The lowest BCUT2D eigenvalue weighted by Crippen LogP contribution is -2.33. The van der Waals surface area contributed by atoms with E-state index in [-0.39, 0.29) is 0 Å². The Hall–Kier alpha value is -2.24. The first-order chi connectivity index (χ1) is 16.9. The predicted octanol–water partition coefficient (Wildman–Crippen LogP) is 2.05. The summed E-state index contributed by atoms with van der Waals surface area (Å²) in [6, 6.07) is 15.0. The molecular weight excluding hydrogens is 512 g/mol. The van der Waals surface area contributed by atoms with Crippen LogP contribution in [0.4, 0.5) is 5.82 Å². The van der Waals surface area contributed by atoms with Crippen molar-refractivity contribution in [3.8, 4) is 0 Å². The monoisotopic (exact) mass is 539 g/mol. The normalized spacial score (nSPS) is 24.1. The van der Waals surface area contributed by atoms with E-state index in [0.29, 0.717) is 29.3 Å². The molecule has 1 unspecified atom stereocenters. The SMILES string of the molecule is Cc1nc(NCc2ccccc2)c2ccc([C@@H]3O[C@H](COP(=O)(O)CP(=O)(O)O)[C@@H](O)[C@H]3O)cc2n1. The van der Waals surface area contributed by atoms with Gasteiger partial charge in [-0.2, -0.15) is 0 Å². The Morgan fingerprint density at radius 3 is 2.44 bits per heavy atom. The van der Waals surface area contributed by atoms with Gasteiger partial charge in [-0.25, -0.2) is 9.97 Å². The lowest BCUT2D eigenvalue weighted by Gasteiger charge is -2.18. The molecular formula is C22H27N3O9P2. The Bertz CT molecular complexity index is 1320. The standard InChI is InChI=1S/C22H27N3O9P2/c1-13-24-17-9-15(7-8-16(17)22(25-13)23-10-14-5-3-2-4-6-14)21-20(27)19(26)18(34-21)11-33-36(31,32)12-35(28,29)30/h2-9,18-21,26-27H,10-12H2,1H3,(H,31,32)(H,23,24,25)(H2,28,29,30)/t18-,19-,20-,21+/m1/s1. The number of hydrogen-bond acceptors (Lipinski definition) is 9. The second kappa shape index (κ2) is 10.6. The van der Waals surface area contributed by atoms with Crippen LogP contribution < -0.4 is 5.32 Å². The van der Waals surface area contributed by atoms with Crippen LogP contribution in [0.3, 0.4) is 0 Å². The van der Waals surface area contributed by atoms with Crippen LogP contribution in [0.25, 0.3) is 10.9 Å². The number of nitrogens with zero attached hydrogens (tertiary/aromatic N) is 2. The van der Waals surface area contributed by atoms with Gasteiger partial charge < -0.3 is 39.5 Å². The van der Waals surface area contributed by atoms with Crippen LogP contribution in [0.2, 0.25) is 0 Å². The molecule has 0 aliphatic carbocycles. The van der Waals surface area contributed by atoms with Crippen molar-refractivity contribution < 1.29 is 43.3 Å². The third-order valence-corrected chi connectivity index (χ3v) is 9.09. The van der Waals surface area contributed by atoms with Crippen molar-refractivity contribution in [2.75, 3.05) is 17.8 Å². The molecule has 0 bridgehead atoms. The van der Waals surface area contributed by atoms with Crippen LogP contribution in [0.15, 0.2) is 48.5 Å². The summed E-state index contributed by atoms with van der Waals surface area (Å²) in [6.07, 6.45) is -5.03. The van der Waals surface area contributed by atoms with Crippen LogP contribution in [-0.2, 0) is 24.9 Å². The highest BCUT2D eigenvalue weighted by atomic mass is 31.2. The van der Waals surface area contributed by atoms with E-state index in [1.54, 1.807) is 25.1 Å². The highest BCUT2D eigenvalue weighted by molar-refractivity contribution is 7.70. The first-order valence-electron chi connectivity index (χ1n) is 11.0. The van der Waals surface area contributed by atoms with Crippen LogP contribution in [0.1, 0.15) is 23.1 Å². The zero-order valence-electron chi connectivity index (χ0n) is 19.2. The molecule has 12 nitrogen and oxygen atoms in total. The summed E-state index contributed by atoms with van der Waals surface area (Å²) in [6.45, 7) is 1.66. The molecule has 1 aliphatic rings. The number of aliphatic hydroxyl groups is 2. The first-order valence-corrected chi connectivity index (χ1v) is 14.6. The third kappa shape index (κ3) is 6.54. The van der Waals surface area contributed by atoms with Gasteiger partial charge in [-0.1, -0.05) is 36.4 Å². The van der Waals surface area contributed by atoms with E-state index in [0.717, 1.165) is 10.9 Å². The number of aliphatic hydroxyl groups excluding tert-OH is 2. The van der Waals surface area contributed by atoms with Crippen molar-refractivity contribution in [2.24, 2.45) is 0 Å². The Morgan fingerprint density at radius 2 is 1.75 bits per heavy atom. The number of rotatable bonds is 9. The molecule has 0 spiro atoms. The van der Waals surface area contributed by atoms with Gasteiger partial charge in [-0.05, 0) is 30.2 Å². The molecule has 14 heteroatoms. The van der Waals surface area contributed by atoms with Crippen molar-refractivity contribution >= 4 is 31.9 Å². The van der Waals surface area contributed by atoms with E-state index in [1.165, 1.54) is 0 Å². The number of aromatic nitrogens is 2. The minimum absolute atomic E-state index is 0.506. The van der Waals surface area contributed by atoms with E-state index < -0.39 is 52.1 Å². The van der Waals surface area contributed by atoms with Crippen LogP contribution in [0.5, 0.6) is 0 Å². The maximum absolute atomic E-state index is 11.9. The van der Waals surface area contributed by atoms with Crippen LogP contribution in [0, 0.1) is 6.92 Å². The fourth-order valence-corrected chi connectivity index (χ4v) is 6.55. The number of fused-ring (bicyclic) bond motifs is 1. The summed E-state index contributed by atoms with van der Waals surface area (Å²) in [5.41, 5.74) is 2.17. The smallest absolute Gasteiger partial charge is 0.340 e. The lowest BCUT2D eigenvalue weighted by molar-refractivity contribution is -0.0186. The topological polar surface area (TPSA) is 192 Å². The zero-order chi connectivity index (χ0) is 26.1. The summed E-state index contributed by atoms with van der Waals surface area (Å²) in [7, 11) is -9.44. The van der Waals surface area contributed by atoms with Crippen molar-refractivity contribution in [1.29, 1.82) is 0 Å². The highest BCUT2D eigenvalue weighted by Crippen LogP contribution is 2.55.